The molecule has 0 bridgehead atoms. The second kappa shape index (κ2) is 11.1. The topological polar surface area (TPSA) is 69.0 Å². The van der Waals surface area contributed by atoms with Gasteiger partial charge in [-0.25, -0.2) is 0 Å². The fourth-order valence-corrected chi connectivity index (χ4v) is 5.08. The van der Waals surface area contributed by atoms with Crippen LogP contribution in [0.3, 0.4) is 0 Å². The van der Waals surface area contributed by atoms with E-state index in [1.165, 1.54) is 0 Å². The highest BCUT2D eigenvalue weighted by Gasteiger charge is 2.43. The number of amides is 1. The summed E-state index contributed by atoms with van der Waals surface area (Å²) >= 11 is 6.37. The fraction of sp³-hybridized carbons (Fsp3) is 0.312. The lowest BCUT2D eigenvalue weighted by Crippen LogP contribution is -2.29. The molecule has 1 aromatic heterocycles. The van der Waals surface area contributed by atoms with Crippen LogP contribution in [0.15, 0.2) is 69.9 Å². The molecule has 0 saturated carbocycles. The summed E-state index contributed by atoms with van der Waals surface area (Å²) in [6.45, 7) is 9.36. The van der Waals surface area contributed by atoms with E-state index in [2.05, 4.69) is 13.8 Å². The molecule has 0 N–H and O–H groups in total. The predicted octanol–water partition coefficient (Wildman–Crippen LogP) is 7.32. The normalized spacial score (nSPS) is 14.8. The zero-order valence-electron chi connectivity index (χ0n) is 22.6. The van der Waals surface area contributed by atoms with E-state index < -0.39 is 6.04 Å². The summed E-state index contributed by atoms with van der Waals surface area (Å²) in [5, 5.41) is 0.820. The molecule has 1 unspecified atom stereocenters. The standard InChI is InChI=1S/C32H32ClNO5/c1-5-37-27-16-22(11-12-25(27)38-14-13-19(2)3)29-28-30(35)23-17-24(33)20(4)15-26(23)39-31(28)32(36)34(29)18-21-9-7-6-8-10-21/h6-12,15-17,19,29H,5,13-14,18H2,1-4H3. The molecule has 5 rings (SSSR count). The summed E-state index contributed by atoms with van der Waals surface area (Å²) in [5.74, 6) is 1.45. The molecule has 0 spiro atoms. The van der Waals surface area contributed by atoms with Crippen LogP contribution in [-0.4, -0.2) is 24.0 Å². The van der Waals surface area contributed by atoms with Crippen molar-refractivity contribution in [3.8, 4) is 11.5 Å². The largest absolute Gasteiger partial charge is 0.490 e. The van der Waals surface area contributed by atoms with Crippen LogP contribution < -0.4 is 14.9 Å². The number of hydrogen-bond donors (Lipinski definition) is 0. The number of carbonyl (C=O) groups excluding carboxylic acids is 1. The quantitative estimate of drug-likeness (QED) is 0.220. The second-order valence-corrected chi connectivity index (χ2v) is 10.7. The first-order valence-corrected chi connectivity index (χ1v) is 13.7. The average Bonchev–Trinajstić information content (AvgIpc) is 3.18. The number of benzene rings is 3. The Morgan fingerprint density at radius 1 is 1.00 bits per heavy atom. The van der Waals surface area contributed by atoms with Crippen LogP contribution in [0.4, 0.5) is 0 Å². The van der Waals surface area contributed by atoms with E-state index >= 15 is 0 Å². The van der Waals surface area contributed by atoms with Gasteiger partial charge in [0.05, 0.1) is 30.2 Å². The van der Waals surface area contributed by atoms with Crippen molar-refractivity contribution in [3.05, 3.63) is 104 Å². The zero-order valence-corrected chi connectivity index (χ0v) is 23.4. The van der Waals surface area contributed by atoms with Crippen LogP contribution in [0.1, 0.15) is 66.0 Å². The molecule has 0 aliphatic carbocycles. The van der Waals surface area contributed by atoms with Gasteiger partial charge in [0.2, 0.25) is 5.76 Å². The number of ether oxygens (including phenoxy) is 2. The van der Waals surface area contributed by atoms with Crippen LogP contribution in [0, 0.1) is 12.8 Å². The first kappa shape index (κ1) is 26.8. The van der Waals surface area contributed by atoms with Crippen LogP contribution in [-0.2, 0) is 6.54 Å². The van der Waals surface area contributed by atoms with Gasteiger partial charge in [0.15, 0.2) is 16.9 Å². The van der Waals surface area contributed by atoms with Crippen LogP contribution >= 0.6 is 11.6 Å². The Morgan fingerprint density at radius 3 is 2.49 bits per heavy atom. The van der Waals surface area contributed by atoms with Gasteiger partial charge in [-0.1, -0.05) is 61.8 Å². The predicted molar refractivity (Wildman–Crippen MR) is 153 cm³/mol. The maximum atomic E-state index is 13.9. The third kappa shape index (κ3) is 5.26. The van der Waals surface area contributed by atoms with Crippen molar-refractivity contribution in [2.75, 3.05) is 13.2 Å². The van der Waals surface area contributed by atoms with E-state index in [0.29, 0.717) is 58.7 Å². The van der Waals surface area contributed by atoms with E-state index in [9.17, 15) is 9.59 Å². The summed E-state index contributed by atoms with van der Waals surface area (Å²) in [6.07, 6.45) is 0.916. The number of nitrogens with zero attached hydrogens (tertiary/aromatic N) is 1. The first-order chi connectivity index (χ1) is 18.8. The molecule has 7 heteroatoms. The summed E-state index contributed by atoms with van der Waals surface area (Å²) in [6, 6.07) is 18.0. The molecule has 4 aromatic rings. The highest BCUT2D eigenvalue weighted by molar-refractivity contribution is 6.32. The molecule has 0 radical (unpaired) electrons. The van der Waals surface area contributed by atoms with Gasteiger partial charge in [-0.05, 0) is 67.1 Å². The second-order valence-electron chi connectivity index (χ2n) is 10.3. The van der Waals surface area contributed by atoms with Crippen LogP contribution in [0.5, 0.6) is 11.5 Å². The van der Waals surface area contributed by atoms with E-state index in [-0.39, 0.29) is 17.1 Å². The lowest BCUT2D eigenvalue weighted by atomic mass is 9.97. The third-order valence-electron chi connectivity index (χ3n) is 6.98. The van der Waals surface area contributed by atoms with Crippen molar-refractivity contribution in [2.45, 2.75) is 46.7 Å². The first-order valence-electron chi connectivity index (χ1n) is 13.3. The maximum Gasteiger partial charge on any atom is 0.291 e. The third-order valence-corrected chi connectivity index (χ3v) is 7.39. The van der Waals surface area contributed by atoms with Gasteiger partial charge in [0.1, 0.15) is 5.58 Å². The Labute approximate surface area is 233 Å². The highest BCUT2D eigenvalue weighted by atomic mass is 35.5. The lowest BCUT2D eigenvalue weighted by Gasteiger charge is -2.26. The van der Waals surface area contributed by atoms with E-state index in [4.69, 9.17) is 25.5 Å². The Bertz CT molecular complexity index is 1580. The molecule has 3 aromatic carbocycles. The number of halogens is 1. The Balaban J connectivity index is 1.66. The highest BCUT2D eigenvalue weighted by Crippen LogP contribution is 2.42. The number of carbonyl (C=O) groups is 1. The molecule has 202 valence electrons. The fourth-order valence-electron chi connectivity index (χ4n) is 4.92. The molecule has 0 fully saturated rings. The van der Waals surface area contributed by atoms with Crippen molar-refractivity contribution >= 4 is 28.5 Å². The molecule has 1 aliphatic rings. The Hall–Kier alpha value is -3.77. The lowest BCUT2D eigenvalue weighted by molar-refractivity contribution is 0.0714. The minimum atomic E-state index is -0.669. The molecular formula is C32H32ClNO5. The molecule has 2 heterocycles. The van der Waals surface area contributed by atoms with E-state index in [1.807, 2.05) is 62.4 Å². The van der Waals surface area contributed by atoms with Gasteiger partial charge in [-0.2, -0.15) is 0 Å². The van der Waals surface area contributed by atoms with Gasteiger partial charge >= 0.3 is 0 Å². The van der Waals surface area contributed by atoms with E-state index in [0.717, 1.165) is 23.1 Å². The Kier molecular flexibility index (Phi) is 7.67. The molecule has 1 amide bonds. The van der Waals surface area contributed by atoms with Crippen molar-refractivity contribution in [1.29, 1.82) is 0 Å². The molecule has 39 heavy (non-hydrogen) atoms. The van der Waals surface area contributed by atoms with Gasteiger partial charge in [0.25, 0.3) is 5.91 Å². The number of fused-ring (bicyclic) bond motifs is 2. The number of rotatable bonds is 9. The van der Waals surface area contributed by atoms with Crippen LogP contribution in [0.25, 0.3) is 11.0 Å². The SMILES string of the molecule is CCOc1cc(C2c3c(oc4cc(C)c(Cl)cc4c3=O)C(=O)N2Cc2ccccc2)ccc1OCCC(C)C. The molecule has 1 aliphatic heterocycles. The number of aryl methyl sites for hydroxylation is 1. The van der Waals surface area contributed by atoms with Gasteiger partial charge in [0, 0.05) is 11.6 Å². The minimum Gasteiger partial charge on any atom is -0.490 e. The van der Waals surface area contributed by atoms with Crippen molar-refractivity contribution < 1.29 is 18.7 Å². The van der Waals surface area contributed by atoms with Gasteiger partial charge in [-0.3, -0.25) is 9.59 Å². The average molecular weight is 546 g/mol. The molecule has 1 atom stereocenters. The zero-order chi connectivity index (χ0) is 27.7. The van der Waals surface area contributed by atoms with Crippen molar-refractivity contribution in [3.63, 3.8) is 0 Å². The monoisotopic (exact) mass is 545 g/mol. The van der Waals surface area contributed by atoms with Gasteiger partial charge < -0.3 is 18.8 Å². The summed E-state index contributed by atoms with van der Waals surface area (Å²) < 4.78 is 18.1. The molecule has 6 nitrogen and oxygen atoms in total. The number of hydrogen-bond acceptors (Lipinski definition) is 5. The minimum absolute atomic E-state index is 0.0605. The smallest absolute Gasteiger partial charge is 0.291 e. The van der Waals surface area contributed by atoms with Crippen molar-refractivity contribution in [2.24, 2.45) is 5.92 Å². The van der Waals surface area contributed by atoms with Crippen molar-refractivity contribution in [1.82, 2.24) is 4.90 Å². The van der Waals surface area contributed by atoms with Crippen LogP contribution in [0.2, 0.25) is 5.02 Å². The summed E-state index contributed by atoms with van der Waals surface area (Å²) in [7, 11) is 0. The molecular weight excluding hydrogens is 514 g/mol. The maximum absolute atomic E-state index is 13.9. The van der Waals surface area contributed by atoms with E-state index in [1.54, 1.807) is 17.0 Å². The summed E-state index contributed by atoms with van der Waals surface area (Å²) in [5.41, 5.74) is 2.83. The summed E-state index contributed by atoms with van der Waals surface area (Å²) in [4.78, 5) is 29.5. The molecule has 0 saturated heterocycles. The van der Waals surface area contributed by atoms with Gasteiger partial charge in [-0.15, -0.1) is 0 Å². The Morgan fingerprint density at radius 2 is 1.77 bits per heavy atom.